The van der Waals surface area contributed by atoms with E-state index in [-0.39, 0.29) is 5.78 Å². The molecule has 0 aliphatic carbocycles. The Hall–Kier alpha value is -1.33. The van der Waals surface area contributed by atoms with Crippen molar-refractivity contribution in [3.63, 3.8) is 0 Å². The summed E-state index contributed by atoms with van der Waals surface area (Å²) in [5.74, 6) is 1.45. The van der Waals surface area contributed by atoms with Gasteiger partial charge in [-0.05, 0) is 40.5 Å². The number of halogens is 1. The molecule has 1 aromatic heterocycles. The molecule has 0 saturated heterocycles. The van der Waals surface area contributed by atoms with Crippen molar-refractivity contribution in [1.82, 2.24) is 0 Å². The average molecular weight is 355 g/mol. The fourth-order valence-corrected chi connectivity index (χ4v) is 2.97. The van der Waals surface area contributed by atoms with Gasteiger partial charge >= 0.3 is 0 Å². The lowest BCUT2D eigenvalue weighted by molar-refractivity contribution is 0.104. The topological polar surface area (TPSA) is 35.5 Å². The summed E-state index contributed by atoms with van der Waals surface area (Å²) in [6.45, 7) is 2.71. The van der Waals surface area contributed by atoms with E-state index in [1.165, 1.54) is 11.3 Å². The minimum Gasteiger partial charge on any atom is -0.496 e. The summed E-state index contributed by atoms with van der Waals surface area (Å²) in [5.41, 5.74) is 0.630. The first kappa shape index (κ1) is 15.1. The van der Waals surface area contributed by atoms with Gasteiger partial charge in [0.15, 0.2) is 0 Å². The Morgan fingerprint density at radius 3 is 2.75 bits per heavy atom. The van der Waals surface area contributed by atoms with Crippen molar-refractivity contribution in [2.45, 2.75) is 13.3 Å². The zero-order valence-corrected chi connectivity index (χ0v) is 13.7. The Bertz CT molecular complexity index is 607. The molecule has 0 atom stereocenters. The number of carbonyl (C=O) groups is 1. The number of methoxy groups -OCH3 is 1. The molecule has 0 spiro atoms. The maximum Gasteiger partial charge on any atom is 0.203 e. The van der Waals surface area contributed by atoms with Crippen LogP contribution in [0.15, 0.2) is 34.1 Å². The van der Waals surface area contributed by atoms with E-state index in [1.54, 1.807) is 25.3 Å². The van der Waals surface area contributed by atoms with Crippen LogP contribution in [-0.2, 0) is 0 Å². The standard InChI is InChI=1S/C15H15BrO3S/c1-3-6-19-13-5-4-10(7-12(13)16)15(17)14-8-11(18-2)9-20-14/h4-5,7-9H,3,6H2,1-2H3. The first-order valence-electron chi connectivity index (χ1n) is 6.25. The van der Waals surface area contributed by atoms with Crippen LogP contribution in [0.4, 0.5) is 0 Å². The number of hydrogen-bond donors (Lipinski definition) is 0. The molecule has 0 bridgehead atoms. The van der Waals surface area contributed by atoms with Gasteiger partial charge in [0.1, 0.15) is 11.5 Å². The lowest BCUT2D eigenvalue weighted by atomic mass is 10.1. The van der Waals surface area contributed by atoms with Crippen LogP contribution in [0.2, 0.25) is 0 Å². The summed E-state index contributed by atoms with van der Waals surface area (Å²) in [4.78, 5) is 13.0. The number of thiophene rings is 1. The quantitative estimate of drug-likeness (QED) is 0.714. The average Bonchev–Trinajstić information content (AvgIpc) is 2.94. The van der Waals surface area contributed by atoms with Gasteiger partial charge in [-0.15, -0.1) is 11.3 Å². The van der Waals surface area contributed by atoms with Gasteiger partial charge in [-0.1, -0.05) is 6.92 Å². The highest BCUT2D eigenvalue weighted by Gasteiger charge is 2.14. The molecule has 1 heterocycles. The van der Waals surface area contributed by atoms with Gasteiger partial charge in [-0.3, -0.25) is 4.79 Å². The molecule has 1 aromatic carbocycles. The molecule has 0 saturated carbocycles. The van der Waals surface area contributed by atoms with Crippen LogP contribution in [0.25, 0.3) is 0 Å². The van der Waals surface area contributed by atoms with Crippen LogP contribution >= 0.6 is 27.3 Å². The number of ether oxygens (including phenoxy) is 2. The largest absolute Gasteiger partial charge is 0.496 e. The highest BCUT2D eigenvalue weighted by Crippen LogP contribution is 2.29. The van der Waals surface area contributed by atoms with E-state index in [0.717, 1.165) is 16.6 Å². The van der Waals surface area contributed by atoms with Crippen LogP contribution < -0.4 is 9.47 Å². The van der Waals surface area contributed by atoms with E-state index < -0.39 is 0 Å². The van der Waals surface area contributed by atoms with E-state index in [9.17, 15) is 4.79 Å². The maximum absolute atomic E-state index is 12.3. The van der Waals surface area contributed by atoms with Gasteiger partial charge in [0.05, 0.1) is 23.1 Å². The fraction of sp³-hybridized carbons (Fsp3) is 0.267. The minimum absolute atomic E-state index is 0.0129. The summed E-state index contributed by atoms with van der Waals surface area (Å²) in [7, 11) is 1.59. The SMILES string of the molecule is CCCOc1ccc(C(=O)c2cc(OC)cs2)cc1Br. The van der Waals surface area contributed by atoms with E-state index in [0.29, 0.717) is 22.8 Å². The molecule has 20 heavy (non-hydrogen) atoms. The van der Waals surface area contributed by atoms with Crippen molar-refractivity contribution < 1.29 is 14.3 Å². The summed E-state index contributed by atoms with van der Waals surface area (Å²) >= 11 is 4.82. The molecule has 3 nitrogen and oxygen atoms in total. The maximum atomic E-state index is 12.3. The number of rotatable bonds is 6. The first-order chi connectivity index (χ1) is 9.65. The van der Waals surface area contributed by atoms with Crippen molar-refractivity contribution in [2.24, 2.45) is 0 Å². The third-order valence-electron chi connectivity index (χ3n) is 2.69. The molecule has 0 fully saturated rings. The van der Waals surface area contributed by atoms with E-state index in [1.807, 2.05) is 11.4 Å². The third-order valence-corrected chi connectivity index (χ3v) is 4.22. The second kappa shape index (κ2) is 6.90. The number of hydrogen-bond acceptors (Lipinski definition) is 4. The number of ketones is 1. The summed E-state index contributed by atoms with van der Waals surface area (Å²) < 4.78 is 11.5. The Balaban J connectivity index is 2.20. The molecule has 0 amide bonds. The molecule has 0 unspecified atom stereocenters. The first-order valence-corrected chi connectivity index (χ1v) is 7.92. The van der Waals surface area contributed by atoms with Crippen LogP contribution in [0, 0.1) is 0 Å². The lowest BCUT2D eigenvalue weighted by Crippen LogP contribution is -2.00. The second-order valence-electron chi connectivity index (χ2n) is 4.17. The van der Waals surface area contributed by atoms with Crippen LogP contribution in [0.1, 0.15) is 28.6 Å². The van der Waals surface area contributed by atoms with Gasteiger partial charge in [-0.2, -0.15) is 0 Å². The Morgan fingerprint density at radius 1 is 1.35 bits per heavy atom. The molecular weight excluding hydrogens is 340 g/mol. The van der Waals surface area contributed by atoms with Gasteiger partial charge in [0.2, 0.25) is 5.78 Å². The third kappa shape index (κ3) is 3.41. The number of carbonyl (C=O) groups excluding carboxylic acids is 1. The molecule has 106 valence electrons. The van der Waals surface area contributed by atoms with Crippen LogP contribution in [0.3, 0.4) is 0 Å². The highest BCUT2D eigenvalue weighted by atomic mass is 79.9. The predicted molar refractivity (Wildman–Crippen MR) is 84.2 cm³/mol. The molecule has 2 aromatic rings. The number of benzene rings is 1. The van der Waals surface area contributed by atoms with Crippen molar-refractivity contribution in [3.05, 3.63) is 44.6 Å². The van der Waals surface area contributed by atoms with Gasteiger partial charge < -0.3 is 9.47 Å². The summed E-state index contributed by atoms with van der Waals surface area (Å²) in [5, 5.41) is 1.82. The fourth-order valence-electron chi connectivity index (χ4n) is 1.66. The summed E-state index contributed by atoms with van der Waals surface area (Å²) in [6.07, 6.45) is 0.947. The predicted octanol–water partition coefficient (Wildman–Crippen LogP) is 4.54. The Kier molecular flexibility index (Phi) is 5.20. The van der Waals surface area contributed by atoms with E-state index in [2.05, 4.69) is 22.9 Å². The lowest BCUT2D eigenvalue weighted by Gasteiger charge is -2.08. The van der Waals surface area contributed by atoms with Crippen molar-refractivity contribution in [2.75, 3.05) is 13.7 Å². The van der Waals surface area contributed by atoms with Gasteiger partial charge in [0, 0.05) is 17.0 Å². The molecule has 0 aliphatic heterocycles. The van der Waals surface area contributed by atoms with Crippen LogP contribution in [-0.4, -0.2) is 19.5 Å². The monoisotopic (exact) mass is 354 g/mol. The van der Waals surface area contributed by atoms with E-state index in [4.69, 9.17) is 9.47 Å². The van der Waals surface area contributed by atoms with Crippen molar-refractivity contribution >= 4 is 33.0 Å². The van der Waals surface area contributed by atoms with Crippen LogP contribution in [0.5, 0.6) is 11.5 Å². The van der Waals surface area contributed by atoms with Gasteiger partial charge in [0.25, 0.3) is 0 Å². The normalized spacial score (nSPS) is 10.3. The smallest absolute Gasteiger partial charge is 0.203 e. The Morgan fingerprint density at radius 2 is 2.15 bits per heavy atom. The zero-order valence-electron chi connectivity index (χ0n) is 11.3. The highest BCUT2D eigenvalue weighted by molar-refractivity contribution is 9.10. The molecule has 0 N–H and O–H groups in total. The molecule has 0 radical (unpaired) electrons. The van der Waals surface area contributed by atoms with Crippen molar-refractivity contribution in [3.8, 4) is 11.5 Å². The molecule has 0 aliphatic rings. The minimum atomic E-state index is -0.0129. The molecule has 2 rings (SSSR count). The summed E-state index contributed by atoms with van der Waals surface area (Å²) in [6, 6.07) is 7.14. The Labute approximate surface area is 130 Å². The second-order valence-corrected chi connectivity index (χ2v) is 5.94. The molecule has 5 heteroatoms. The zero-order chi connectivity index (χ0) is 14.5. The van der Waals surface area contributed by atoms with E-state index >= 15 is 0 Å². The molecular formula is C15H15BrO3S. The van der Waals surface area contributed by atoms with Crippen molar-refractivity contribution in [1.29, 1.82) is 0 Å². The van der Waals surface area contributed by atoms with Gasteiger partial charge in [-0.25, -0.2) is 0 Å².